The monoisotopic (exact) mass is 281 g/mol. The molecule has 0 aromatic heterocycles. The molecule has 9 nitrogen and oxygen atoms in total. The Morgan fingerprint density at radius 1 is 1.12 bits per heavy atom. The van der Waals surface area contributed by atoms with Crippen molar-refractivity contribution >= 4 is 17.9 Å². The fourth-order valence-corrected chi connectivity index (χ4v) is 0.703. The Hall–Kier alpha value is -1.35. The van der Waals surface area contributed by atoms with Gasteiger partial charge in [-0.2, -0.15) is 0 Å². The van der Waals surface area contributed by atoms with Gasteiger partial charge in [0.25, 0.3) is 0 Å². The fraction of sp³-hybridized carbons (Fsp3) is 0.500. The van der Waals surface area contributed by atoms with E-state index in [4.69, 9.17) is 19.2 Å². The second-order valence-electron chi connectivity index (χ2n) is 2.46. The van der Waals surface area contributed by atoms with Gasteiger partial charge in [-0.25, -0.2) is 4.79 Å². The van der Waals surface area contributed by atoms with Crippen LogP contribution in [0.25, 0.3) is 0 Å². The van der Waals surface area contributed by atoms with E-state index in [1.165, 1.54) is 0 Å². The van der Waals surface area contributed by atoms with Gasteiger partial charge in [0.1, 0.15) is 0 Å². The summed E-state index contributed by atoms with van der Waals surface area (Å²) in [5.74, 6) is -5.34. The number of hydrogen-bond donors (Lipinski definition) is 4. The number of carbonyl (C=O) groups is 3. The molecule has 0 radical (unpaired) electrons. The summed E-state index contributed by atoms with van der Waals surface area (Å²) in [5.41, 5.74) is -2.80. The van der Waals surface area contributed by atoms with Crippen LogP contribution in [-0.2, 0) is 34.2 Å². The molecule has 1 atom stereocenters. The Kier molecular flexibility index (Phi) is 11.2. The van der Waals surface area contributed by atoms with E-state index in [0.717, 1.165) is 0 Å². The van der Waals surface area contributed by atoms with Gasteiger partial charge in [0.15, 0.2) is 5.60 Å². The van der Waals surface area contributed by atoms with Crippen molar-refractivity contribution in [3.05, 3.63) is 0 Å². The molecule has 0 amide bonds. The van der Waals surface area contributed by atoms with Gasteiger partial charge in [0.2, 0.25) is 0 Å². The third kappa shape index (κ3) is 8.00. The molecule has 0 heterocycles. The molecular weight excluding hydrogens is 270 g/mol. The van der Waals surface area contributed by atoms with Crippen molar-refractivity contribution in [1.82, 2.24) is 6.15 Å². The summed E-state index contributed by atoms with van der Waals surface area (Å²) in [7, 11) is 0. The number of carboxylic acid groups (broad SMARTS) is 3. The average molecular weight is 281 g/mol. The fourth-order valence-electron chi connectivity index (χ4n) is 0.703. The predicted molar refractivity (Wildman–Crippen MR) is 41.1 cm³/mol. The molecule has 0 aromatic carbocycles. The van der Waals surface area contributed by atoms with Crippen LogP contribution in [0.5, 0.6) is 0 Å². The van der Waals surface area contributed by atoms with Crippen LogP contribution in [0.15, 0.2) is 0 Å². The minimum atomic E-state index is -2.80. The summed E-state index contributed by atoms with van der Waals surface area (Å²) in [4.78, 5) is 30.3. The SMILES string of the molecule is O=C([O-])CC(O)(CC(=O)O)C(=O)O.[NH4+].[O]=[Fe]. The molecule has 16 heavy (non-hydrogen) atoms. The molecule has 0 bridgehead atoms. The maximum atomic E-state index is 10.3. The predicted octanol–water partition coefficient (Wildman–Crippen LogP) is -2.33. The van der Waals surface area contributed by atoms with Crippen molar-refractivity contribution in [1.29, 1.82) is 0 Å². The molecular formula is C6H11FeNO8. The quantitative estimate of drug-likeness (QED) is 0.403. The first-order valence-electron chi connectivity index (χ1n) is 3.30. The summed E-state index contributed by atoms with van der Waals surface area (Å²) >= 11 is 2.00. The number of carboxylic acids is 3. The van der Waals surface area contributed by atoms with E-state index in [1.807, 2.05) is 15.9 Å². The Balaban J connectivity index is -0.000000529. The number of aliphatic hydroxyl groups is 1. The first kappa shape index (κ1) is 20.1. The van der Waals surface area contributed by atoms with Gasteiger partial charge < -0.3 is 31.4 Å². The van der Waals surface area contributed by atoms with E-state index >= 15 is 0 Å². The van der Waals surface area contributed by atoms with Gasteiger partial charge in [-0.05, 0) is 0 Å². The number of quaternary nitrogens is 1. The first-order chi connectivity index (χ1) is 6.78. The second-order valence-corrected chi connectivity index (χ2v) is 2.46. The summed E-state index contributed by atoms with van der Waals surface area (Å²) in [6.45, 7) is 0. The van der Waals surface area contributed by atoms with Crippen molar-refractivity contribution in [2.45, 2.75) is 18.4 Å². The molecule has 0 aliphatic heterocycles. The number of rotatable bonds is 5. The number of carbonyl (C=O) groups excluding carboxylic acids is 1. The third-order valence-electron chi connectivity index (χ3n) is 1.28. The Labute approximate surface area is 97.7 Å². The van der Waals surface area contributed by atoms with E-state index in [0.29, 0.717) is 0 Å². The van der Waals surface area contributed by atoms with E-state index in [2.05, 4.69) is 0 Å². The molecule has 96 valence electrons. The van der Waals surface area contributed by atoms with Gasteiger partial charge in [-0.15, -0.1) is 0 Å². The van der Waals surface area contributed by atoms with Crippen LogP contribution in [0.2, 0.25) is 0 Å². The third-order valence-corrected chi connectivity index (χ3v) is 1.28. The molecule has 0 rings (SSSR count). The van der Waals surface area contributed by atoms with Gasteiger partial charge >= 0.3 is 31.7 Å². The van der Waals surface area contributed by atoms with Crippen molar-refractivity contribution in [3.8, 4) is 0 Å². The van der Waals surface area contributed by atoms with Crippen molar-refractivity contribution in [2.75, 3.05) is 0 Å². The minimum absolute atomic E-state index is 0. The maximum absolute atomic E-state index is 10.3. The van der Waals surface area contributed by atoms with Crippen LogP contribution in [0, 0.1) is 0 Å². The van der Waals surface area contributed by atoms with Crippen LogP contribution in [0.1, 0.15) is 12.8 Å². The molecule has 0 aromatic rings. The average Bonchev–Trinajstić information content (AvgIpc) is 2.04. The first-order valence-corrected chi connectivity index (χ1v) is 3.75. The molecule has 0 saturated carbocycles. The van der Waals surface area contributed by atoms with Gasteiger partial charge in [-0.1, -0.05) is 0 Å². The van der Waals surface area contributed by atoms with E-state index in [-0.39, 0.29) is 6.15 Å². The van der Waals surface area contributed by atoms with Crippen LogP contribution in [-0.4, -0.2) is 38.8 Å². The van der Waals surface area contributed by atoms with E-state index in [1.54, 1.807) is 0 Å². The zero-order valence-electron chi connectivity index (χ0n) is 8.15. The Morgan fingerprint density at radius 3 is 1.69 bits per heavy atom. The summed E-state index contributed by atoms with van der Waals surface area (Å²) in [6.07, 6.45) is -2.44. The van der Waals surface area contributed by atoms with Crippen molar-refractivity contribution in [3.63, 3.8) is 0 Å². The molecule has 0 fully saturated rings. The number of hydrogen-bond acceptors (Lipinski definition) is 6. The van der Waals surface area contributed by atoms with Crippen LogP contribution < -0.4 is 11.3 Å². The summed E-state index contributed by atoms with van der Waals surface area (Å²) in [6, 6.07) is 0. The van der Waals surface area contributed by atoms with Crippen LogP contribution in [0.4, 0.5) is 0 Å². The topological polar surface area (TPSA) is 189 Å². The Bertz CT molecular complexity index is 251. The molecule has 0 aliphatic rings. The summed E-state index contributed by atoms with van der Waals surface area (Å²) in [5, 5.41) is 35.5. The van der Waals surface area contributed by atoms with E-state index in [9.17, 15) is 19.5 Å². The molecule has 0 spiro atoms. The zero-order valence-corrected chi connectivity index (χ0v) is 9.25. The zero-order chi connectivity index (χ0) is 12.6. The van der Waals surface area contributed by atoms with Gasteiger partial charge in [0.05, 0.1) is 6.42 Å². The normalized spacial score (nSPS) is 12.1. The van der Waals surface area contributed by atoms with Crippen LogP contribution in [0.3, 0.4) is 0 Å². The molecule has 0 aliphatic carbocycles. The summed E-state index contributed by atoms with van der Waals surface area (Å²) < 4.78 is 8.00. The van der Waals surface area contributed by atoms with Gasteiger partial charge in [-0.3, -0.25) is 4.79 Å². The molecule has 1 unspecified atom stereocenters. The van der Waals surface area contributed by atoms with Gasteiger partial charge in [0, 0.05) is 12.4 Å². The molecule has 10 heteroatoms. The second kappa shape index (κ2) is 8.92. The number of aliphatic carboxylic acids is 3. The Morgan fingerprint density at radius 2 is 1.50 bits per heavy atom. The molecule has 0 saturated heterocycles. The standard InChI is InChI=1S/C6H8O7.Fe.H3N.O/c7-3(8)1-6(13,5(11)12)2-4(9)10;;;/h13H,1-2H2,(H,7,8)(H,9,10)(H,11,12);;1H3;. The van der Waals surface area contributed by atoms with Crippen LogP contribution >= 0.6 is 0 Å². The van der Waals surface area contributed by atoms with Crippen molar-refractivity contribution < 1.29 is 54.6 Å². The van der Waals surface area contributed by atoms with Crippen molar-refractivity contribution in [2.24, 2.45) is 0 Å². The van der Waals surface area contributed by atoms with E-state index < -0.39 is 36.4 Å². The molecule has 7 N–H and O–H groups in total.